The van der Waals surface area contributed by atoms with Gasteiger partial charge in [-0.3, -0.25) is 4.79 Å². The summed E-state index contributed by atoms with van der Waals surface area (Å²) in [5.41, 5.74) is 0.913. The van der Waals surface area contributed by atoms with Crippen molar-refractivity contribution in [2.24, 2.45) is 0 Å². The zero-order valence-electron chi connectivity index (χ0n) is 12.0. The fourth-order valence-corrected chi connectivity index (χ4v) is 2.41. The van der Waals surface area contributed by atoms with Crippen molar-refractivity contribution in [1.82, 2.24) is 15.1 Å². The second-order valence-electron chi connectivity index (χ2n) is 4.98. The summed E-state index contributed by atoms with van der Waals surface area (Å²) in [7, 11) is 0. The number of aromatic nitrogens is 2. The molecule has 0 unspecified atom stereocenters. The number of benzene rings is 1. The predicted octanol–water partition coefficient (Wildman–Crippen LogP) is 1.80. The molecule has 0 aliphatic carbocycles. The maximum atomic E-state index is 11.7. The number of anilines is 1. The highest BCUT2D eigenvalue weighted by Gasteiger charge is 2.23. The van der Waals surface area contributed by atoms with Crippen LogP contribution in [-0.4, -0.2) is 47.2 Å². The van der Waals surface area contributed by atoms with Gasteiger partial charge in [0.25, 0.3) is 0 Å². The molecule has 2 heterocycles. The van der Waals surface area contributed by atoms with Crippen molar-refractivity contribution in [1.29, 1.82) is 0 Å². The minimum Gasteiger partial charge on any atom is -0.403 e. The lowest BCUT2D eigenvalue weighted by molar-refractivity contribution is -0.131. The highest BCUT2D eigenvalue weighted by Crippen LogP contribution is 2.22. The molecule has 1 aromatic heterocycles. The number of piperazine rings is 1. The molecule has 1 aliphatic heterocycles. The van der Waals surface area contributed by atoms with Crippen LogP contribution in [0.1, 0.15) is 13.3 Å². The Hall–Kier alpha value is -2.37. The normalized spacial score (nSPS) is 15.3. The first-order valence-corrected chi connectivity index (χ1v) is 7.19. The number of carbonyl (C=O) groups is 1. The topological polar surface area (TPSA) is 62.5 Å². The van der Waals surface area contributed by atoms with E-state index in [-0.39, 0.29) is 5.91 Å². The molecule has 21 heavy (non-hydrogen) atoms. The molecule has 0 radical (unpaired) electrons. The van der Waals surface area contributed by atoms with Crippen molar-refractivity contribution in [2.75, 3.05) is 31.1 Å². The Labute approximate surface area is 123 Å². The van der Waals surface area contributed by atoms with Crippen LogP contribution in [0.25, 0.3) is 11.5 Å². The lowest BCUT2D eigenvalue weighted by Gasteiger charge is -2.33. The molecule has 1 amide bonds. The molecule has 1 fully saturated rings. The standard InChI is InChI=1S/C15H18N4O2/c1-2-13(20)18-8-10-19(11-9-18)15-17-16-14(21-15)12-6-4-3-5-7-12/h3-7H,2,8-11H2,1H3. The smallest absolute Gasteiger partial charge is 0.318 e. The van der Waals surface area contributed by atoms with E-state index in [2.05, 4.69) is 10.2 Å². The van der Waals surface area contributed by atoms with Gasteiger partial charge >= 0.3 is 6.01 Å². The van der Waals surface area contributed by atoms with Crippen LogP contribution < -0.4 is 4.90 Å². The van der Waals surface area contributed by atoms with Crippen LogP contribution in [-0.2, 0) is 4.79 Å². The first kappa shape index (κ1) is 13.6. The average molecular weight is 286 g/mol. The first-order chi connectivity index (χ1) is 10.3. The Morgan fingerprint density at radius 1 is 1.14 bits per heavy atom. The summed E-state index contributed by atoms with van der Waals surface area (Å²) in [6, 6.07) is 10.2. The van der Waals surface area contributed by atoms with E-state index in [1.54, 1.807) is 0 Å². The maximum absolute atomic E-state index is 11.7. The summed E-state index contributed by atoms with van der Waals surface area (Å²) in [4.78, 5) is 15.6. The molecule has 1 aliphatic rings. The number of nitrogens with zero attached hydrogens (tertiary/aromatic N) is 4. The van der Waals surface area contributed by atoms with Gasteiger partial charge in [0.05, 0.1) is 0 Å². The molecule has 3 rings (SSSR count). The Bertz CT molecular complexity index is 603. The van der Waals surface area contributed by atoms with Crippen LogP contribution >= 0.6 is 0 Å². The molecule has 1 saturated heterocycles. The Morgan fingerprint density at radius 2 is 1.86 bits per heavy atom. The number of carbonyl (C=O) groups excluding carboxylic acids is 1. The third kappa shape index (κ3) is 2.89. The summed E-state index contributed by atoms with van der Waals surface area (Å²) in [6.07, 6.45) is 0.554. The van der Waals surface area contributed by atoms with Gasteiger partial charge in [-0.1, -0.05) is 30.2 Å². The maximum Gasteiger partial charge on any atom is 0.318 e. The zero-order valence-corrected chi connectivity index (χ0v) is 12.0. The van der Waals surface area contributed by atoms with E-state index >= 15 is 0 Å². The third-order valence-corrected chi connectivity index (χ3v) is 3.64. The number of hydrogen-bond donors (Lipinski definition) is 0. The minimum atomic E-state index is 0.199. The zero-order chi connectivity index (χ0) is 14.7. The van der Waals surface area contributed by atoms with Crippen LogP contribution in [0.3, 0.4) is 0 Å². The van der Waals surface area contributed by atoms with Crippen LogP contribution in [0.2, 0.25) is 0 Å². The summed E-state index contributed by atoms with van der Waals surface area (Å²) < 4.78 is 5.73. The summed E-state index contributed by atoms with van der Waals surface area (Å²) in [5, 5.41) is 8.21. The minimum absolute atomic E-state index is 0.199. The molecular formula is C15H18N4O2. The molecule has 0 atom stereocenters. The van der Waals surface area contributed by atoms with Gasteiger partial charge in [-0.25, -0.2) is 0 Å². The Balaban J connectivity index is 1.67. The molecule has 0 bridgehead atoms. The molecule has 1 aromatic carbocycles. The van der Waals surface area contributed by atoms with Crippen molar-refractivity contribution in [2.45, 2.75) is 13.3 Å². The molecule has 0 N–H and O–H groups in total. The van der Waals surface area contributed by atoms with E-state index in [1.807, 2.05) is 47.1 Å². The van der Waals surface area contributed by atoms with E-state index in [0.29, 0.717) is 31.4 Å². The van der Waals surface area contributed by atoms with Gasteiger partial charge in [-0.2, -0.15) is 0 Å². The van der Waals surface area contributed by atoms with Crippen molar-refractivity contribution >= 4 is 11.9 Å². The SMILES string of the molecule is CCC(=O)N1CCN(c2nnc(-c3ccccc3)o2)CC1. The van der Waals surface area contributed by atoms with Gasteiger partial charge in [0.15, 0.2) is 0 Å². The fourth-order valence-electron chi connectivity index (χ4n) is 2.41. The molecule has 0 saturated carbocycles. The second-order valence-corrected chi connectivity index (χ2v) is 4.98. The molecule has 110 valence electrons. The average Bonchev–Trinajstić information content (AvgIpc) is 3.05. The molecule has 2 aromatic rings. The predicted molar refractivity (Wildman–Crippen MR) is 78.8 cm³/mol. The lowest BCUT2D eigenvalue weighted by Crippen LogP contribution is -2.48. The number of amides is 1. The van der Waals surface area contributed by atoms with Crippen LogP contribution in [0.15, 0.2) is 34.7 Å². The van der Waals surface area contributed by atoms with Crippen molar-refractivity contribution in [3.8, 4) is 11.5 Å². The highest BCUT2D eigenvalue weighted by molar-refractivity contribution is 5.76. The fraction of sp³-hybridized carbons (Fsp3) is 0.400. The monoisotopic (exact) mass is 286 g/mol. The molecule has 6 nitrogen and oxygen atoms in total. The Morgan fingerprint density at radius 3 is 2.52 bits per heavy atom. The van der Waals surface area contributed by atoms with E-state index in [4.69, 9.17) is 4.42 Å². The largest absolute Gasteiger partial charge is 0.403 e. The quantitative estimate of drug-likeness (QED) is 0.861. The van der Waals surface area contributed by atoms with E-state index in [0.717, 1.165) is 18.7 Å². The third-order valence-electron chi connectivity index (χ3n) is 3.64. The molecular weight excluding hydrogens is 268 g/mol. The van der Waals surface area contributed by atoms with Crippen LogP contribution in [0, 0.1) is 0 Å². The van der Waals surface area contributed by atoms with Crippen molar-refractivity contribution < 1.29 is 9.21 Å². The number of hydrogen-bond acceptors (Lipinski definition) is 5. The highest BCUT2D eigenvalue weighted by atomic mass is 16.4. The van der Waals surface area contributed by atoms with E-state index in [9.17, 15) is 4.79 Å². The van der Waals surface area contributed by atoms with Crippen LogP contribution in [0.5, 0.6) is 0 Å². The number of rotatable bonds is 3. The van der Waals surface area contributed by atoms with Gasteiger partial charge in [-0.15, -0.1) is 5.10 Å². The van der Waals surface area contributed by atoms with Gasteiger partial charge in [0.1, 0.15) is 0 Å². The summed E-state index contributed by atoms with van der Waals surface area (Å²) in [5.74, 6) is 0.725. The van der Waals surface area contributed by atoms with Gasteiger partial charge < -0.3 is 14.2 Å². The summed E-state index contributed by atoms with van der Waals surface area (Å²) in [6.45, 7) is 4.74. The van der Waals surface area contributed by atoms with E-state index in [1.165, 1.54) is 0 Å². The first-order valence-electron chi connectivity index (χ1n) is 7.19. The van der Waals surface area contributed by atoms with Gasteiger partial charge in [0, 0.05) is 38.2 Å². The molecule has 0 spiro atoms. The van der Waals surface area contributed by atoms with Gasteiger partial charge in [0.2, 0.25) is 11.8 Å². The van der Waals surface area contributed by atoms with Crippen LogP contribution in [0.4, 0.5) is 6.01 Å². The van der Waals surface area contributed by atoms with Gasteiger partial charge in [-0.05, 0) is 12.1 Å². The Kier molecular flexibility index (Phi) is 3.85. The van der Waals surface area contributed by atoms with Crippen molar-refractivity contribution in [3.63, 3.8) is 0 Å². The second kappa shape index (κ2) is 5.95. The van der Waals surface area contributed by atoms with E-state index < -0.39 is 0 Å². The van der Waals surface area contributed by atoms with Crippen molar-refractivity contribution in [3.05, 3.63) is 30.3 Å². The lowest BCUT2D eigenvalue weighted by atomic mass is 10.2. The summed E-state index contributed by atoms with van der Waals surface area (Å²) >= 11 is 0. The molecule has 6 heteroatoms.